The minimum Gasteiger partial charge on any atom is -0.492 e. The van der Waals surface area contributed by atoms with Gasteiger partial charge in [-0.25, -0.2) is 13.2 Å². The summed E-state index contributed by atoms with van der Waals surface area (Å²) in [5.74, 6) is 0.786. The molecule has 5 rings (SSSR count). The number of hydrogen-bond donors (Lipinski definition) is 2. The summed E-state index contributed by atoms with van der Waals surface area (Å²) in [5, 5.41) is 3.71. The molecule has 0 spiro atoms. The first-order valence-electron chi connectivity index (χ1n) is 16.1. The molecule has 0 bridgehead atoms. The molecule has 1 atom stereocenters. The van der Waals surface area contributed by atoms with E-state index in [0.29, 0.717) is 19.0 Å². The van der Waals surface area contributed by atoms with E-state index < -0.39 is 16.1 Å². The number of carbonyl (C=O) groups is 2. The number of carbonyl (C=O) groups excluding carboxylic acids is 2. The summed E-state index contributed by atoms with van der Waals surface area (Å²) in [6.07, 6.45) is 3.25. The maximum absolute atomic E-state index is 13.3. The van der Waals surface area contributed by atoms with Crippen molar-refractivity contribution in [2.24, 2.45) is 7.05 Å². The van der Waals surface area contributed by atoms with Gasteiger partial charge in [-0.2, -0.15) is 0 Å². The topological polar surface area (TPSA) is 125 Å². The van der Waals surface area contributed by atoms with Gasteiger partial charge in [-0.1, -0.05) is 39.0 Å². The Hall–Kier alpha value is -3.81. The Bertz CT molecular complexity index is 1750. The number of anilines is 2. The lowest BCUT2D eigenvalue weighted by atomic mass is 9.86. The quantitative estimate of drug-likeness (QED) is 0.357. The highest BCUT2D eigenvalue weighted by molar-refractivity contribution is 7.92. The molecule has 3 heterocycles. The van der Waals surface area contributed by atoms with Crippen LogP contribution in [0.5, 0.6) is 11.6 Å². The molecule has 2 saturated heterocycles. The van der Waals surface area contributed by atoms with Gasteiger partial charge >= 0.3 is 6.09 Å². The molecule has 2 aromatic carbocycles. The number of aryl methyl sites for hydroxylation is 1. The Labute approximate surface area is 278 Å². The number of aromatic nitrogens is 1. The number of amides is 2. The van der Waals surface area contributed by atoms with E-state index in [1.807, 2.05) is 62.5 Å². The van der Waals surface area contributed by atoms with Crippen LogP contribution in [-0.2, 0) is 33.8 Å². The van der Waals surface area contributed by atoms with Crippen molar-refractivity contribution in [1.82, 2.24) is 19.3 Å². The van der Waals surface area contributed by atoms with Crippen molar-refractivity contribution < 1.29 is 27.5 Å². The lowest BCUT2D eigenvalue weighted by Gasteiger charge is -2.27. The second kappa shape index (κ2) is 13.7. The van der Waals surface area contributed by atoms with Gasteiger partial charge in [0, 0.05) is 51.2 Å². The lowest BCUT2D eigenvalue weighted by molar-refractivity contribution is -0.135. The Morgan fingerprint density at radius 3 is 2.38 bits per heavy atom. The third-order valence-corrected chi connectivity index (χ3v) is 9.67. The molecule has 0 aliphatic carbocycles. The minimum absolute atomic E-state index is 0.00371. The molecule has 0 radical (unpaired) electrons. The van der Waals surface area contributed by atoms with Gasteiger partial charge in [-0.15, -0.1) is 0 Å². The largest absolute Gasteiger partial charge is 0.492 e. The van der Waals surface area contributed by atoms with Gasteiger partial charge in [0.05, 0.1) is 36.3 Å². The molecular weight excluding hydrogens is 620 g/mol. The van der Waals surface area contributed by atoms with Crippen molar-refractivity contribution in [2.45, 2.75) is 58.0 Å². The van der Waals surface area contributed by atoms with Crippen molar-refractivity contribution in [1.29, 1.82) is 0 Å². The van der Waals surface area contributed by atoms with Crippen LogP contribution in [0.15, 0.2) is 36.4 Å². The third kappa shape index (κ3) is 8.02. The van der Waals surface area contributed by atoms with Crippen LogP contribution >= 0.6 is 0 Å². The predicted molar refractivity (Wildman–Crippen MR) is 185 cm³/mol. The van der Waals surface area contributed by atoms with Crippen LogP contribution in [0.4, 0.5) is 16.2 Å². The fourth-order valence-corrected chi connectivity index (χ4v) is 7.16. The Kier molecular flexibility index (Phi) is 10.1. The van der Waals surface area contributed by atoms with E-state index in [4.69, 9.17) is 9.47 Å². The van der Waals surface area contributed by atoms with Crippen LogP contribution in [-0.4, -0.2) is 98.9 Å². The minimum atomic E-state index is -3.62. The molecule has 47 heavy (non-hydrogen) atoms. The summed E-state index contributed by atoms with van der Waals surface area (Å²) in [6, 6.07) is 11.4. The monoisotopic (exact) mass is 668 g/mol. The molecule has 1 aromatic heterocycles. The van der Waals surface area contributed by atoms with E-state index in [-0.39, 0.29) is 34.5 Å². The van der Waals surface area contributed by atoms with E-state index in [2.05, 4.69) is 25.9 Å². The highest BCUT2D eigenvalue weighted by Crippen LogP contribution is 2.39. The summed E-state index contributed by atoms with van der Waals surface area (Å²) in [6.45, 7) is 10.8. The predicted octanol–water partition coefficient (Wildman–Crippen LogP) is 4.60. The molecule has 2 aliphatic heterocycles. The molecule has 12 nitrogen and oxygen atoms in total. The summed E-state index contributed by atoms with van der Waals surface area (Å²) in [7, 11) is 1.70. The first-order valence-corrected chi connectivity index (χ1v) is 18.0. The van der Waals surface area contributed by atoms with Crippen molar-refractivity contribution in [2.75, 3.05) is 63.2 Å². The number of likely N-dealkylation sites (N-methyl/N-ethyl adjacent to an activating group) is 1. The van der Waals surface area contributed by atoms with Crippen molar-refractivity contribution in [3.8, 4) is 11.6 Å². The molecule has 2 N–H and O–H groups in total. The number of rotatable bonds is 8. The molecule has 2 fully saturated rings. The van der Waals surface area contributed by atoms with Crippen LogP contribution < -0.4 is 19.5 Å². The molecular formula is C34H48N6O6S. The van der Waals surface area contributed by atoms with Crippen LogP contribution in [0.3, 0.4) is 0 Å². The summed E-state index contributed by atoms with van der Waals surface area (Å²) in [5.41, 5.74) is 3.02. The number of hydrogen-bond acceptors (Lipinski definition) is 8. The number of sulfonamides is 1. The number of fused-ring (bicyclic) bond motifs is 1. The van der Waals surface area contributed by atoms with Gasteiger partial charge in [0.25, 0.3) is 0 Å². The molecule has 13 heteroatoms. The van der Waals surface area contributed by atoms with Gasteiger partial charge in [0.15, 0.2) is 5.75 Å². The van der Waals surface area contributed by atoms with E-state index >= 15 is 0 Å². The Morgan fingerprint density at radius 1 is 0.979 bits per heavy atom. The maximum atomic E-state index is 13.3. The van der Waals surface area contributed by atoms with Crippen LogP contribution in [0.25, 0.3) is 10.9 Å². The van der Waals surface area contributed by atoms with Gasteiger partial charge < -0.3 is 18.9 Å². The highest BCUT2D eigenvalue weighted by atomic mass is 32.2. The van der Waals surface area contributed by atoms with Gasteiger partial charge in [0.2, 0.25) is 21.8 Å². The Balaban J connectivity index is 1.32. The van der Waals surface area contributed by atoms with E-state index in [1.165, 1.54) is 7.11 Å². The van der Waals surface area contributed by atoms with Gasteiger partial charge in [0.1, 0.15) is 0 Å². The maximum Gasteiger partial charge on any atom is 0.418 e. The number of methoxy groups -OCH3 is 1. The lowest BCUT2D eigenvalue weighted by Crippen LogP contribution is -2.45. The van der Waals surface area contributed by atoms with E-state index in [1.54, 1.807) is 12.1 Å². The second-order valence-electron chi connectivity index (χ2n) is 13.7. The number of ether oxygens (including phenoxy) is 2. The average molecular weight is 669 g/mol. The molecule has 2 amide bonds. The first kappa shape index (κ1) is 34.5. The molecule has 2 aliphatic rings. The number of para-hydroxylation sites is 1. The number of nitrogens with one attached hydrogen (secondary N) is 2. The highest BCUT2D eigenvalue weighted by Gasteiger charge is 2.32. The SMILES string of the molecule is COc1c(NC(=O)Oc2cc3cccc(CN4CCCN(C(=O)[C@@H]5CCCN5C)CC4)c3n2C)cc(C(C)(C)C)cc1NS(C)(=O)=O. The fourth-order valence-electron chi connectivity index (χ4n) is 6.61. The number of benzene rings is 2. The van der Waals surface area contributed by atoms with E-state index in [0.717, 1.165) is 73.7 Å². The molecule has 256 valence electrons. The smallest absolute Gasteiger partial charge is 0.418 e. The zero-order valence-corrected chi connectivity index (χ0v) is 29.4. The summed E-state index contributed by atoms with van der Waals surface area (Å²) >= 11 is 0. The second-order valence-corrected chi connectivity index (χ2v) is 15.5. The molecule has 3 aromatic rings. The molecule has 0 saturated carbocycles. The number of likely N-dealkylation sites (tertiary alicyclic amines) is 1. The van der Waals surface area contributed by atoms with Gasteiger partial charge in [-0.3, -0.25) is 24.6 Å². The third-order valence-electron chi connectivity index (χ3n) is 9.08. The average Bonchev–Trinajstić information content (AvgIpc) is 3.45. The summed E-state index contributed by atoms with van der Waals surface area (Å²) < 4.78 is 39.9. The number of nitrogens with zero attached hydrogens (tertiary/aromatic N) is 4. The standard InChI is InChI=1S/C34H48N6O6S/c1-34(2,3)25-20-26(31(45-6)27(21-25)36-47(7,43)44)35-33(42)46-29-19-23-11-8-12-24(30(23)38(29)5)22-39-15-10-16-40(18-17-39)32(41)28-13-9-14-37(28)4/h8,11-12,19-21,28,36H,9-10,13-18,22H2,1-7H3,(H,35,42)/t28-/m0/s1. The van der Waals surface area contributed by atoms with Crippen molar-refractivity contribution >= 4 is 44.3 Å². The van der Waals surface area contributed by atoms with E-state index in [9.17, 15) is 18.0 Å². The Morgan fingerprint density at radius 2 is 1.72 bits per heavy atom. The zero-order chi connectivity index (χ0) is 34.1. The van der Waals surface area contributed by atoms with Gasteiger partial charge in [-0.05, 0) is 61.5 Å². The first-order chi connectivity index (χ1) is 22.1. The van der Waals surface area contributed by atoms with Crippen molar-refractivity contribution in [3.63, 3.8) is 0 Å². The molecule has 0 unspecified atom stereocenters. The fraction of sp³-hybridized carbons (Fsp3) is 0.529. The van der Waals surface area contributed by atoms with Crippen LogP contribution in [0.2, 0.25) is 0 Å². The van der Waals surface area contributed by atoms with Crippen LogP contribution in [0.1, 0.15) is 51.2 Å². The summed E-state index contributed by atoms with van der Waals surface area (Å²) in [4.78, 5) is 33.1. The normalized spacial score (nSPS) is 18.3. The van der Waals surface area contributed by atoms with Crippen molar-refractivity contribution in [3.05, 3.63) is 47.5 Å². The zero-order valence-electron chi connectivity index (χ0n) is 28.6. The van der Waals surface area contributed by atoms with Crippen LogP contribution in [0, 0.1) is 0 Å².